The Balaban J connectivity index is 1.51. The minimum absolute atomic E-state index is 0.104. The number of nitrogens with two attached hydrogens (primary N) is 1. The molecular weight excluding hydrogens is 481 g/mol. The Morgan fingerprint density at radius 2 is 1.85 bits per heavy atom. The summed E-state index contributed by atoms with van der Waals surface area (Å²) < 4.78 is 65.8. The summed E-state index contributed by atoms with van der Waals surface area (Å²) in [4.78, 5) is 6.44. The van der Waals surface area contributed by atoms with Crippen molar-refractivity contribution in [3.8, 4) is 0 Å². The molecule has 1 aromatic carbocycles. The second-order valence-electron chi connectivity index (χ2n) is 8.00. The van der Waals surface area contributed by atoms with Crippen molar-refractivity contribution >= 4 is 33.1 Å². The van der Waals surface area contributed by atoms with Crippen LogP contribution in [0.25, 0.3) is 5.52 Å². The van der Waals surface area contributed by atoms with Crippen molar-refractivity contribution in [2.75, 3.05) is 18.0 Å². The van der Waals surface area contributed by atoms with Gasteiger partial charge in [0.15, 0.2) is 5.82 Å². The van der Waals surface area contributed by atoms with Gasteiger partial charge in [-0.25, -0.2) is 14.6 Å². The van der Waals surface area contributed by atoms with E-state index in [-0.39, 0.29) is 6.54 Å². The molecule has 1 saturated heterocycles. The van der Waals surface area contributed by atoms with E-state index in [2.05, 4.69) is 10.1 Å². The molecule has 2 N–H and O–H groups in total. The van der Waals surface area contributed by atoms with Crippen molar-refractivity contribution in [2.24, 2.45) is 5.14 Å². The highest BCUT2D eigenvalue weighted by molar-refractivity contribution is 7.86. The van der Waals surface area contributed by atoms with E-state index in [1.807, 2.05) is 11.8 Å². The average molecular weight is 503 g/mol. The Kier molecular flexibility index (Phi) is 6.29. The third-order valence-electron chi connectivity index (χ3n) is 5.80. The first-order valence-electron chi connectivity index (χ1n) is 10.1. The van der Waals surface area contributed by atoms with Gasteiger partial charge in [-0.1, -0.05) is 23.7 Å². The van der Waals surface area contributed by atoms with E-state index in [1.165, 1.54) is 18.5 Å². The smallest absolute Gasteiger partial charge is 0.355 e. The predicted octanol–water partition coefficient (Wildman–Crippen LogP) is 3.38. The van der Waals surface area contributed by atoms with E-state index in [0.29, 0.717) is 42.5 Å². The molecule has 2 aromatic heterocycles. The molecule has 0 amide bonds. The van der Waals surface area contributed by atoms with Crippen LogP contribution in [0.4, 0.5) is 19.0 Å². The van der Waals surface area contributed by atoms with Crippen molar-refractivity contribution in [2.45, 2.75) is 38.5 Å². The first-order chi connectivity index (χ1) is 15.4. The molecule has 0 aliphatic carbocycles. The van der Waals surface area contributed by atoms with Crippen LogP contribution in [0, 0.1) is 6.92 Å². The van der Waals surface area contributed by atoms with E-state index in [9.17, 15) is 21.6 Å². The van der Waals surface area contributed by atoms with Crippen molar-refractivity contribution < 1.29 is 21.6 Å². The summed E-state index contributed by atoms with van der Waals surface area (Å²) in [6.07, 6.45) is -2.09. The molecule has 3 aromatic rings. The van der Waals surface area contributed by atoms with E-state index < -0.39 is 28.0 Å². The fraction of sp³-hybridized carbons (Fsp3) is 0.400. The number of benzene rings is 1. The Hall–Kier alpha value is -2.41. The van der Waals surface area contributed by atoms with Crippen LogP contribution in [0.2, 0.25) is 5.15 Å². The third-order valence-corrected chi connectivity index (χ3v) is 7.15. The Bertz CT molecular complexity index is 1260. The Morgan fingerprint density at radius 1 is 1.21 bits per heavy atom. The molecule has 1 fully saturated rings. The number of hydrogen-bond acceptors (Lipinski definition) is 5. The fourth-order valence-corrected chi connectivity index (χ4v) is 5.41. The molecule has 0 saturated carbocycles. The molecule has 4 rings (SSSR count). The topological polar surface area (TPSA) is 96.8 Å². The summed E-state index contributed by atoms with van der Waals surface area (Å²) in [7, 11) is -4.08. The number of piperidine rings is 1. The molecule has 1 aliphatic rings. The number of aryl methyl sites for hydroxylation is 1. The second-order valence-corrected chi connectivity index (χ2v) is 9.88. The predicted molar refractivity (Wildman–Crippen MR) is 118 cm³/mol. The molecule has 0 unspecified atom stereocenters. The van der Waals surface area contributed by atoms with Crippen LogP contribution >= 0.6 is 11.6 Å². The van der Waals surface area contributed by atoms with E-state index in [4.69, 9.17) is 16.7 Å². The first-order valence-corrected chi connectivity index (χ1v) is 12.0. The largest absolute Gasteiger partial charge is 0.416 e. The van der Waals surface area contributed by atoms with Gasteiger partial charge in [-0.15, -0.1) is 0 Å². The standard InChI is InChI=1S/C20H22ClF3N6O2S/c1-13-10-17(21)30-18(13)19(26-12-27-30)28-8-6-16(7-9-28)29(33(25,31)32)11-14-2-4-15(5-3-14)20(22,23)24/h2-5,10,12,16H,6-9,11H2,1H3,(H2,25,31,32). The van der Waals surface area contributed by atoms with Crippen LogP contribution in [0.1, 0.15) is 29.5 Å². The van der Waals surface area contributed by atoms with Crippen molar-refractivity contribution in [3.05, 3.63) is 58.5 Å². The zero-order chi connectivity index (χ0) is 24.0. The number of alkyl halides is 3. The lowest BCUT2D eigenvalue weighted by Gasteiger charge is -2.37. The average Bonchev–Trinajstić information content (AvgIpc) is 3.05. The van der Waals surface area contributed by atoms with Gasteiger partial charge in [-0.05, 0) is 49.1 Å². The molecule has 0 spiro atoms. The van der Waals surface area contributed by atoms with E-state index in [0.717, 1.165) is 27.5 Å². The third kappa shape index (κ3) is 4.93. The zero-order valence-electron chi connectivity index (χ0n) is 17.6. The summed E-state index contributed by atoms with van der Waals surface area (Å²) >= 11 is 6.22. The molecule has 8 nitrogen and oxygen atoms in total. The van der Waals surface area contributed by atoms with Crippen LogP contribution in [-0.2, 0) is 22.9 Å². The lowest BCUT2D eigenvalue weighted by molar-refractivity contribution is -0.137. The van der Waals surface area contributed by atoms with Gasteiger partial charge in [-0.3, -0.25) is 0 Å². The van der Waals surface area contributed by atoms with Gasteiger partial charge >= 0.3 is 6.18 Å². The summed E-state index contributed by atoms with van der Waals surface area (Å²) in [5.74, 6) is 0.706. The summed E-state index contributed by atoms with van der Waals surface area (Å²) in [6.45, 7) is 2.83. The number of hydrogen-bond donors (Lipinski definition) is 1. The van der Waals surface area contributed by atoms with Gasteiger partial charge in [-0.2, -0.15) is 31.0 Å². The maximum atomic E-state index is 12.8. The summed E-state index contributed by atoms with van der Waals surface area (Å²) in [6, 6.07) is 5.82. The minimum atomic E-state index is -4.46. The lowest BCUT2D eigenvalue weighted by Crippen LogP contribution is -2.49. The van der Waals surface area contributed by atoms with Crippen molar-refractivity contribution in [1.29, 1.82) is 0 Å². The van der Waals surface area contributed by atoms with Crippen molar-refractivity contribution in [1.82, 2.24) is 18.9 Å². The number of aromatic nitrogens is 3. The number of fused-ring (bicyclic) bond motifs is 1. The zero-order valence-corrected chi connectivity index (χ0v) is 19.2. The molecule has 13 heteroatoms. The number of nitrogens with zero attached hydrogens (tertiary/aromatic N) is 5. The molecule has 0 radical (unpaired) electrons. The van der Waals surface area contributed by atoms with Crippen LogP contribution in [0.5, 0.6) is 0 Å². The quantitative estimate of drug-likeness (QED) is 0.577. The van der Waals surface area contributed by atoms with Gasteiger partial charge in [0.1, 0.15) is 17.0 Å². The Morgan fingerprint density at radius 3 is 2.42 bits per heavy atom. The highest BCUT2D eigenvalue weighted by Gasteiger charge is 2.33. The highest BCUT2D eigenvalue weighted by Crippen LogP contribution is 2.31. The normalized spacial score (nSPS) is 16.2. The second kappa shape index (κ2) is 8.75. The van der Waals surface area contributed by atoms with Gasteiger partial charge in [0.05, 0.1) is 5.56 Å². The van der Waals surface area contributed by atoms with Crippen molar-refractivity contribution in [3.63, 3.8) is 0 Å². The van der Waals surface area contributed by atoms with E-state index >= 15 is 0 Å². The van der Waals surface area contributed by atoms with Crippen LogP contribution < -0.4 is 10.0 Å². The fourth-order valence-electron chi connectivity index (χ4n) is 4.16. The molecule has 33 heavy (non-hydrogen) atoms. The van der Waals surface area contributed by atoms with Gasteiger partial charge in [0.25, 0.3) is 10.2 Å². The summed E-state index contributed by atoms with van der Waals surface area (Å²) in [5.41, 5.74) is 1.34. The van der Waals surface area contributed by atoms with Crippen LogP contribution in [0.15, 0.2) is 36.7 Å². The number of rotatable bonds is 5. The molecule has 1 aliphatic heterocycles. The van der Waals surface area contributed by atoms with Crippen LogP contribution in [-0.4, -0.2) is 46.5 Å². The maximum Gasteiger partial charge on any atom is 0.416 e. The maximum absolute atomic E-state index is 12.8. The van der Waals surface area contributed by atoms with E-state index in [1.54, 1.807) is 10.6 Å². The van der Waals surface area contributed by atoms with Gasteiger partial charge in [0.2, 0.25) is 0 Å². The first kappa shape index (κ1) is 23.7. The number of anilines is 1. The SMILES string of the molecule is Cc1cc(Cl)n2ncnc(N3CCC(N(Cc4ccc(C(F)(F)F)cc4)S(N)(=O)=O)CC3)c12. The lowest BCUT2D eigenvalue weighted by atomic mass is 10.0. The highest BCUT2D eigenvalue weighted by atomic mass is 35.5. The molecule has 3 heterocycles. The summed E-state index contributed by atoms with van der Waals surface area (Å²) in [5, 5.41) is 10.1. The molecule has 0 bridgehead atoms. The van der Waals surface area contributed by atoms with Gasteiger partial charge in [0, 0.05) is 25.7 Å². The molecule has 0 atom stereocenters. The minimum Gasteiger partial charge on any atom is -0.355 e. The van der Waals surface area contributed by atoms with Gasteiger partial charge < -0.3 is 4.90 Å². The molecule has 178 valence electrons. The monoisotopic (exact) mass is 502 g/mol. The van der Waals surface area contributed by atoms with Crippen LogP contribution in [0.3, 0.4) is 0 Å². The molecular formula is C20H22ClF3N6O2S. The Labute approximate surface area is 193 Å². The number of halogens is 4.